The van der Waals surface area contributed by atoms with Gasteiger partial charge in [0.15, 0.2) is 11.5 Å². The van der Waals surface area contributed by atoms with Crippen LogP contribution in [0.4, 0.5) is 0 Å². The molecule has 0 unspecified atom stereocenters. The molecule has 0 heterocycles. The number of hydrazone groups is 1. The number of rotatable bonds is 4. The van der Waals surface area contributed by atoms with Gasteiger partial charge >= 0.3 is 0 Å². The summed E-state index contributed by atoms with van der Waals surface area (Å²) in [5.74, 6) is -0.902. The van der Waals surface area contributed by atoms with Crippen molar-refractivity contribution in [3.05, 3.63) is 53.6 Å². The van der Waals surface area contributed by atoms with Crippen LogP contribution in [0.25, 0.3) is 0 Å². The van der Waals surface area contributed by atoms with E-state index in [4.69, 9.17) is 4.74 Å². The summed E-state index contributed by atoms with van der Waals surface area (Å²) in [6.07, 6.45) is 1.34. The maximum Gasteiger partial charge on any atom is 0.271 e. The molecule has 0 aliphatic carbocycles. The average Bonchev–Trinajstić information content (AvgIpc) is 2.51. The van der Waals surface area contributed by atoms with Crippen LogP contribution in [0.15, 0.2) is 47.6 Å². The fourth-order valence-electron chi connectivity index (χ4n) is 1.66. The Bertz CT molecular complexity index is 669. The normalized spacial score (nSPS) is 10.5. The van der Waals surface area contributed by atoms with Crippen LogP contribution in [0.3, 0.4) is 0 Å². The fraction of sp³-hybridized carbons (Fsp3) is 0.0667. The lowest BCUT2D eigenvalue weighted by molar-refractivity contribution is 0.0955. The van der Waals surface area contributed by atoms with Gasteiger partial charge in [-0.15, -0.1) is 0 Å². The molecule has 0 saturated carbocycles. The molecule has 2 rings (SSSR count). The molecule has 0 saturated heterocycles. The minimum absolute atomic E-state index is 0.117. The van der Waals surface area contributed by atoms with Crippen LogP contribution in [0.1, 0.15) is 15.9 Å². The Hall–Kier alpha value is -3.02. The van der Waals surface area contributed by atoms with E-state index in [1.165, 1.54) is 25.5 Å². The Labute approximate surface area is 121 Å². The number of nitrogens with zero attached hydrogens (tertiary/aromatic N) is 1. The van der Waals surface area contributed by atoms with Gasteiger partial charge in [-0.05, 0) is 24.3 Å². The Morgan fingerprint density at radius 2 is 1.95 bits per heavy atom. The quantitative estimate of drug-likeness (QED) is 0.454. The highest BCUT2D eigenvalue weighted by molar-refractivity contribution is 5.94. The first-order valence-electron chi connectivity index (χ1n) is 6.10. The molecule has 0 fully saturated rings. The number of amides is 1. The number of hydrogen-bond acceptors (Lipinski definition) is 5. The molecular formula is C15H14N2O4. The van der Waals surface area contributed by atoms with Gasteiger partial charge in [0.2, 0.25) is 5.75 Å². The lowest BCUT2D eigenvalue weighted by atomic mass is 10.2. The summed E-state index contributed by atoms with van der Waals surface area (Å²) in [5, 5.41) is 22.8. The number of methoxy groups -OCH3 is 1. The summed E-state index contributed by atoms with van der Waals surface area (Å²) in [4.78, 5) is 11.7. The molecule has 0 aliphatic heterocycles. The molecule has 108 valence electrons. The molecule has 1 amide bonds. The maximum atomic E-state index is 11.7. The first-order chi connectivity index (χ1) is 10.1. The molecule has 6 nitrogen and oxygen atoms in total. The van der Waals surface area contributed by atoms with E-state index in [1.807, 2.05) is 6.07 Å². The van der Waals surface area contributed by atoms with Crippen LogP contribution in [-0.4, -0.2) is 29.4 Å². The third-order valence-electron chi connectivity index (χ3n) is 2.71. The molecule has 0 radical (unpaired) electrons. The van der Waals surface area contributed by atoms with Gasteiger partial charge in [0.05, 0.1) is 13.3 Å². The molecule has 2 aromatic rings. The molecule has 0 aliphatic rings. The van der Waals surface area contributed by atoms with Crippen molar-refractivity contribution in [2.75, 3.05) is 7.11 Å². The van der Waals surface area contributed by atoms with Crippen molar-refractivity contribution in [2.45, 2.75) is 0 Å². The minimum atomic E-state index is -0.346. The summed E-state index contributed by atoms with van der Waals surface area (Å²) in [6.45, 7) is 0. The lowest BCUT2D eigenvalue weighted by Crippen LogP contribution is -2.17. The van der Waals surface area contributed by atoms with E-state index < -0.39 is 0 Å². The van der Waals surface area contributed by atoms with Crippen molar-refractivity contribution in [2.24, 2.45) is 5.10 Å². The van der Waals surface area contributed by atoms with E-state index in [0.29, 0.717) is 11.1 Å². The minimum Gasteiger partial charge on any atom is -0.504 e. The zero-order valence-electron chi connectivity index (χ0n) is 11.3. The van der Waals surface area contributed by atoms with Crippen molar-refractivity contribution in [3.63, 3.8) is 0 Å². The largest absolute Gasteiger partial charge is 0.504 e. The van der Waals surface area contributed by atoms with Crippen LogP contribution in [0, 0.1) is 0 Å². The summed E-state index contributed by atoms with van der Waals surface area (Å²) in [7, 11) is 1.37. The standard InChI is InChI=1S/C15H14N2O4/c1-21-13-8-10(7-12(18)14(13)19)9-16-17-15(20)11-5-3-2-4-6-11/h2-9,18-19H,1H3,(H,17,20)/b16-9+. The van der Waals surface area contributed by atoms with Crippen molar-refractivity contribution < 1.29 is 19.7 Å². The molecule has 3 N–H and O–H groups in total. The van der Waals surface area contributed by atoms with Gasteiger partial charge in [-0.1, -0.05) is 18.2 Å². The number of ether oxygens (including phenoxy) is 1. The highest BCUT2D eigenvalue weighted by Gasteiger charge is 2.08. The SMILES string of the molecule is COc1cc(/C=N/NC(=O)c2ccccc2)cc(O)c1O. The third kappa shape index (κ3) is 3.50. The van der Waals surface area contributed by atoms with Crippen molar-refractivity contribution in [3.8, 4) is 17.2 Å². The molecule has 21 heavy (non-hydrogen) atoms. The van der Waals surface area contributed by atoms with E-state index in [9.17, 15) is 15.0 Å². The van der Waals surface area contributed by atoms with E-state index >= 15 is 0 Å². The van der Waals surface area contributed by atoms with E-state index in [1.54, 1.807) is 24.3 Å². The van der Waals surface area contributed by atoms with Crippen LogP contribution in [0.5, 0.6) is 17.2 Å². The number of benzene rings is 2. The van der Waals surface area contributed by atoms with E-state index in [-0.39, 0.29) is 23.2 Å². The average molecular weight is 286 g/mol. The predicted molar refractivity (Wildman–Crippen MR) is 77.8 cm³/mol. The molecule has 0 bridgehead atoms. The first kappa shape index (κ1) is 14.4. The van der Waals surface area contributed by atoms with Gasteiger partial charge in [-0.3, -0.25) is 4.79 Å². The summed E-state index contributed by atoms with van der Waals surface area (Å²) >= 11 is 0. The highest BCUT2D eigenvalue weighted by atomic mass is 16.5. The van der Waals surface area contributed by atoms with Gasteiger partial charge in [-0.2, -0.15) is 5.10 Å². The van der Waals surface area contributed by atoms with Crippen molar-refractivity contribution in [1.82, 2.24) is 5.43 Å². The number of phenols is 2. The lowest BCUT2D eigenvalue weighted by Gasteiger charge is -2.06. The van der Waals surface area contributed by atoms with Gasteiger partial charge < -0.3 is 14.9 Å². The smallest absolute Gasteiger partial charge is 0.271 e. The molecule has 0 spiro atoms. The second kappa shape index (κ2) is 6.42. The molecule has 0 atom stereocenters. The van der Waals surface area contributed by atoms with E-state index in [2.05, 4.69) is 10.5 Å². The summed E-state index contributed by atoms with van der Waals surface area (Å²) in [6, 6.07) is 11.4. The van der Waals surface area contributed by atoms with Crippen molar-refractivity contribution in [1.29, 1.82) is 0 Å². The predicted octanol–water partition coefficient (Wildman–Crippen LogP) is 1.87. The number of carbonyl (C=O) groups is 1. The molecule has 2 aromatic carbocycles. The monoisotopic (exact) mass is 286 g/mol. The second-order valence-corrected chi connectivity index (χ2v) is 4.16. The topological polar surface area (TPSA) is 91.2 Å². The number of carbonyl (C=O) groups excluding carboxylic acids is 1. The zero-order valence-corrected chi connectivity index (χ0v) is 11.3. The Morgan fingerprint density at radius 3 is 2.62 bits per heavy atom. The maximum absolute atomic E-state index is 11.7. The number of phenolic OH excluding ortho intramolecular Hbond substituents is 2. The summed E-state index contributed by atoms with van der Waals surface area (Å²) < 4.78 is 4.90. The first-order valence-corrected chi connectivity index (χ1v) is 6.10. The summed E-state index contributed by atoms with van der Waals surface area (Å²) in [5.41, 5.74) is 3.32. The fourth-order valence-corrected chi connectivity index (χ4v) is 1.66. The van der Waals surface area contributed by atoms with Gasteiger partial charge in [0, 0.05) is 11.1 Å². The molecule has 0 aromatic heterocycles. The number of nitrogens with one attached hydrogen (secondary N) is 1. The van der Waals surface area contributed by atoms with Crippen LogP contribution < -0.4 is 10.2 Å². The highest BCUT2D eigenvalue weighted by Crippen LogP contribution is 2.35. The van der Waals surface area contributed by atoms with Gasteiger partial charge in [-0.25, -0.2) is 5.43 Å². The Morgan fingerprint density at radius 1 is 1.24 bits per heavy atom. The third-order valence-corrected chi connectivity index (χ3v) is 2.71. The van der Waals surface area contributed by atoms with Crippen molar-refractivity contribution >= 4 is 12.1 Å². The van der Waals surface area contributed by atoms with Crippen LogP contribution in [-0.2, 0) is 0 Å². The zero-order chi connectivity index (χ0) is 15.2. The number of hydrogen-bond donors (Lipinski definition) is 3. The van der Waals surface area contributed by atoms with Gasteiger partial charge in [0.1, 0.15) is 0 Å². The second-order valence-electron chi connectivity index (χ2n) is 4.16. The van der Waals surface area contributed by atoms with Gasteiger partial charge in [0.25, 0.3) is 5.91 Å². The molecular weight excluding hydrogens is 272 g/mol. The number of aromatic hydroxyl groups is 2. The Kier molecular flexibility index (Phi) is 4.40. The molecule has 6 heteroatoms. The van der Waals surface area contributed by atoms with Crippen LogP contribution >= 0.6 is 0 Å². The van der Waals surface area contributed by atoms with Crippen LogP contribution in [0.2, 0.25) is 0 Å². The van der Waals surface area contributed by atoms with E-state index in [0.717, 1.165) is 0 Å². The Balaban J connectivity index is 2.08.